The van der Waals surface area contributed by atoms with Crippen LogP contribution < -0.4 is 14.4 Å². The molecule has 0 unspecified atom stereocenters. The molecule has 1 aromatic rings. The van der Waals surface area contributed by atoms with Crippen molar-refractivity contribution in [2.45, 2.75) is 6.42 Å². The van der Waals surface area contributed by atoms with Gasteiger partial charge in [-0.25, -0.2) is 0 Å². The maximum absolute atomic E-state index is 12.2. The van der Waals surface area contributed by atoms with Gasteiger partial charge in [-0.1, -0.05) is 11.6 Å². The Morgan fingerprint density at radius 1 is 1.39 bits per heavy atom. The van der Waals surface area contributed by atoms with Gasteiger partial charge in [0.05, 0.1) is 30.8 Å². The molecule has 1 aliphatic heterocycles. The number of carbonyl (C=O) groups is 2. The Balaban J connectivity index is 2.25. The van der Waals surface area contributed by atoms with E-state index in [0.717, 1.165) is 0 Å². The van der Waals surface area contributed by atoms with Crippen LogP contribution in [0.25, 0.3) is 0 Å². The molecule has 1 fully saturated rings. The molecular weight excluding hydrogens is 324 g/mol. The summed E-state index contributed by atoms with van der Waals surface area (Å²) < 4.78 is 15.2. The number of hydrogen-bond acceptors (Lipinski definition) is 6. The summed E-state index contributed by atoms with van der Waals surface area (Å²) in [5.74, 6) is -0.611. The number of nitrogens with zero attached hydrogens (tertiary/aromatic N) is 2. The maximum Gasteiger partial charge on any atom is 0.312 e. The monoisotopic (exact) mass is 338 g/mol. The second-order valence-corrected chi connectivity index (χ2v) is 5.24. The highest BCUT2D eigenvalue weighted by Gasteiger charge is 2.37. The molecule has 0 saturated carbocycles. The predicted octanol–water partition coefficient (Wildman–Crippen LogP) is 1.78. The number of esters is 1. The molecule has 1 aromatic carbocycles. The zero-order valence-electron chi connectivity index (χ0n) is 12.7. The van der Waals surface area contributed by atoms with Crippen LogP contribution in [0.5, 0.6) is 11.5 Å². The summed E-state index contributed by atoms with van der Waals surface area (Å²) in [7, 11) is 2.94. The van der Waals surface area contributed by atoms with E-state index in [9.17, 15) is 9.59 Å². The number of ether oxygens (including phenoxy) is 3. The van der Waals surface area contributed by atoms with Crippen molar-refractivity contribution in [3.8, 4) is 17.6 Å². The quantitative estimate of drug-likeness (QED) is 0.760. The lowest BCUT2D eigenvalue weighted by Gasteiger charge is -2.20. The van der Waals surface area contributed by atoms with Crippen LogP contribution in [0, 0.1) is 17.2 Å². The van der Waals surface area contributed by atoms with Crippen LogP contribution in [0.3, 0.4) is 0 Å². The second-order valence-electron chi connectivity index (χ2n) is 4.83. The fourth-order valence-electron chi connectivity index (χ4n) is 2.37. The standard InChI is InChI=1S/C15H15ClN2O5/c1-21-12-7-13(22-2)11(6-10(12)16)18-8-9(5-14(18)19)15(20)23-4-3-17/h6-7,9H,4-5,8H2,1-2H3/t9-/m1/s1. The van der Waals surface area contributed by atoms with Crippen LogP contribution >= 0.6 is 11.6 Å². The van der Waals surface area contributed by atoms with Crippen molar-refractivity contribution in [2.75, 3.05) is 32.3 Å². The topological polar surface area (TPSA) is 88.9 Å². The third-order valence-electron chi connectivity index (χ3n) is 3.48. The second kappa shape index (κ2) is 7.20. The Hall–Kier alpha value is -2.46. The van der Waals surface area contributed by atoms with E-state index in [-0.39, 0.29) is 25.5 Å². The van der Waals surface area contributed by atoms with Gasteiger partial charge in [0.1, 0.15) is 17.6 Å². The summed E-state index contributed by atoms with van der Waals surface area (Å²) in [5.41, 5.74) is 0.457. The van der Waals surface area contributed by atoms with Gasteiger partial charge in [0, 0.05) is 19.0 Å². The van der Waals surface area contributed by atoms with E-state index >= 15 is 0 Å². The zero-order valence-corrected chi connectivity index (χ0v) is 13.4. The van der Waals surface area contributed by atoms with Crippen molar-refractivity contribution in [1.82, 2.24) is 0 Å². The minimum atomic E-state index is -0.624. The normalized spacial score (nSPS) is 16.9. The van der Waals surface area contributed by atoms with Crippen LogP contribution in [0.4, 0.5) is 5.69 Å². The van der Waals surface area contributed by atoms with Crippen molar-refractivity contribution >= 4 is 29.2 Å². The van der Waals surface area contributed by atoms with Crippen LogP contribution in [0.15, 0.2) is 12.1 Å². The zero-order chi connectivity index (χ0) is 17.0. The van der Waals surface area contributed by atoms with Gasteiger partial charge in [0.2, 0.25) is 5.91 Å². The van der Waals surface area contributed by atoms with E-state index in [0.29, 0.717) is 22.2 Å². The molecule has 0 N–H and O–H groups in total. The van der Waals surface area contributed by atoms with Gasteiger partial charge in [-0.2, -0.15) is 5.26 Å². The Morgan fingerprint density at radius 2 is 2.09 bits per heavy atom. The van der Waals surface area contributed by atoms with E-state index in [1.54, 1.807) is 18.2 Å². The van der Waals surface area contributed by atoms with E-state index in [4.69, 9.17) is 31.1 Å². The smallest absolute Gasteiger partial charge is 0.312 e. The molecule has 2 rings (SSSR count). The minimum absolute atomic E-state index is 0.0110. The van der Waals surface area contributed by atoms with Crippen molar-refractivity contribution < 1.29 is 23.8 Å². The van der Waals surface area contributed by atoms with Gasteiger partial charge in [0.25, 0.3) is 0 Å². The highest BCUT2D eigenvalue weighted by Crippen LogP contribution is 2.40. The molecule has 0 aliphatic carbocycles. The van der Waals surface area contributed by atoms with Crippen LogP contribution in [-0.4, -0.2) is 39.2 Å². The van der Waals surface area contributed by atoms with Gasteiger partial charge >= 0.3 is 5.97 Å². The van der Waals surface area contributed by atoms with Gasteiger partial charge in [-0.15, -0.1) is 0 Å². The number of hydrogen-bond donors (Lipinski definition) is 0. The van der Waals surface area contributed by atoms with Crippen LogP contribution in [0.2, 0.25) is 5.02 Å². The molecule has 1 aliphatic rings. The first-order valence-electron chi connectivity index (χ1n) is 6.77. The third-order valence-corrected chi connectivity index (χ3v) is 3.78. The lowest BCUT2D eigenvalue weighted by molar-refractivity contribution is -0.146. The first-order valence-corrected chi connectivity index (χ1v) is 7.15. The summed E-state index contributed by atoms with van der Waals surface area (Å²) in [6.45, 7) is -0.191. The lowest BCUT2D eigenvalue weighted by atomic mass is 10.1. The molecule has 0 bridgehead atoms. The molecule has 1 atom stereocenters. The van der Waals surface area contributed by atoms with Gasteiger partial charge in [0.15, 0.2) is 6.61 Å². The molecule has 0 radical (unpaired) electrons. The van der Waals surface area contributed by atoms with Gasteiger partial charge in [-0.05, 0) is 6.07 Å². The number of halogens is 1. The number of methoxy groups -OCH3 is 2. The average Bonchev–Trinajstić information content (AvgIpc) is 2.94. The molecule has 0 aromatic heterocycles. The van der Waals surface area contributed by atoms with Crippen molar-refractivity contribution in [3.05, 3.63) is 17.2 Å². The third kappa shape index (κ3) is 3.48. The first-order chi connectivity index (χ1) is 11.0. The Kier molecular flexibility index (Phi) is 5.29. The number of amides is 1. The van der Waals surface area contributed by atoms with Gasteiger partial charge < -0.3 is 19.1 Å². The molecule has 7 nitrogen and oxygen atoms in total. The van der Waals surface area contributed by atoms with Crippen LogP contribution in [0.1, 0.15) is 6.42 Å². The lowest BCUT2D eigenvalue weighted by Crippen LogP contribution is -2.27. The predicted molar refractivity (Wildman–Crippen MR) is 81.6 cm³/mol. The summed E-state index contributed by atoms with van der Waals surface area (Å²) in [5, 5.41) is 8.77. The molecular formula is C15H15ClN2O5. The van der Waals surface area contributed by atoms with E-state index in [1.807, 2.05) is 0 Å². The number of benzene rings is 1. The maximum atomic E-state index is 12.2. The Morgan fingerprint density at radius 3 is 2.70 bits per heavy atom. The largest absolute Gasteiger partial charge is 0.495 e. The fourth-order valence-corrected chi connectivity index (χ4v) is 2.61. The molecule has 23 heavy (non-hydrogen) atoms. The summed E-state index contributed by atoms with van der Waals surface area (Å²) in [6.07, 6.45) is 0.0110. The van der Waals surface area contributed by atoms with Gasteiger partial charge in [-0.3, -0.25) is 9.59 Å². The highest BCUT2D eigenvalue weighted by molar-refractivity contribution is 6.32. The number of nitriles is 1. The van der Waals surface area contributed by atoms with Crippen molar-refractivity contribution in [2.24, 2.45) is 5.92 Å². The average molecular weight is 339 g/mol. The molecule has 8 heteroatoms. The highest BCUT2D eigenvalue weighted by atomic mass is 35.5. The first kappa shape index (κ1) is 16.9. The summed E-state index contributed by atoms with van der Waals surface area (Å²) >= 11 is 6.11. The summed E-state index contributed by atoms with van der Waals surface area (Å²) in [6, 6.07) is 4.85. The molecule has 1 amide bonds. The Labute approximate surface area is 138 Å². The molecule has 1 saturated heterocycles. The number of anilines is 1. The summed E-state index contributed by atoms with van der Waals surface area (Å²) in [4.78, 5) is 25.5. The molecule has 122 valence electrons. The van der Waals surface area contributed by atoms with E-state index < -0.39 is 11.9 Å². The molecule has 0 spiro atoms. The van der Waals surface area contributed by atoms with E-state index in [2.05, 4.69) is 0 Å². The van der Waals surface area contributed by atoms with E-state index in [1.165, 1.54) is 19.1 Å². The van der Waals surface area contributed by atoms with Crippen molar-refractivity contribution in [3.63, 3.8) is 0 Å². The van der Waals surface area contributed by atoms with Crippen molar-refractivity contribution in [1.29, 1.82) is 5.26 Å². The minimum Gasteiger partial charge on any atom is -0.495 e. The fraction of sp³-hybridized carbons (Fsp3) is 0.400. The molecule has 1 heterocycles. The Bertz CT molecular complexity index is 671. The number of rotatable bonds is 5. The van der Waals surface area contributed by atoms with Crippen LogP contribution in [-0.2, 0) is 14.3 Å². The number of carbonyl (C=O) groups excluding carboxylic acids is 2. The SMILES string of the molecule is COc1cc(OC)c(N2C[C@H](C(=O)OCC#N)CC2=O)cc1Cl.